The van der Waals surface area contributed by atoms with Crippen LogP contribution in [0.4, 0.5) is 23.2 Å². The lowest BCUT2D eigenvalue weighted by molar-refractivity contribution is -0.136. The lowest BCUT2D eigenvalue weighted by Crippen LogP contribution is -2.52. The van der Waals surface area contributed by atoms with Crippen LogP contribution in [0.2, 0.25) is 0 Å². The van der Waals surface area contributed by atoms with E-state index >= 15 is 4.39 Å². The van der Waals surface area contributed by atoms with Crippen molar-refractivity contribution in [1.82, 2.24) is 0 Å². The van der Waals surface area contributed by atoms with Crippen molar-refractivity contribution in [3.05, 3.63) is 52.6 Å². The number of benzene rings is 1. The van der Waals surface area contributed by atoms with E-state index in [0.717, 1.165) is 48.3 Å². The molecule has 1 heterocycles. The number of allylic oxidation sites excluding steroid dienone is 4. The summed E-state index contributed by atoms with van der Waals surface area (Å²) < 4.78 is 61.9. The largest absolute Gasteiger partial charge is 0.457 e. The average Bonchev–Trinajstić information content (AvgIpc) is 3.32. The highest BCUT2D eigenvalue weighted by atomic mass is 19.4. The quantitative estimate of drug-likeness (QED) is 0.161. The molecule has 1 saturated heterocycles. The van der Waals surface area contributed by atoms with E-state index in [-0.39, 0.29) is 37.2 Å². The molecular formula is C35H40F4N2O3. The van der Waals surface area contributed by atoms with Gasteiger partial charge < -0.3 is 14.8 Å². The van der Waals surface area contributed by atoms with Gasteiger partial charge in [-0.2, -0.15) is 13.2 Å². The number of nitrogens with zero attached hydrogens (tertiary/aromatic N) is 2. The molecule has 236 valence electrons. The standard InChI is InChI=1S/C35H40F4N2O3/c1-33-20-28(22-6-9-24(10-7-22)41-16-4-3-5-17-41)32-25-11-8-23(40-43)18-26(25)30(36)19-27(32)29(33)12-13-34(33,31(42)21-44-2)14-15-35(37,38)39/h6-7,9-10,18,27-30,43H,3-5,8,11-13,16-17,19-21H2,1-2H3/b40-23+/t27-,28+,29-,30?,33-,34-/m0/s1. The number of Topliss-reactive ketones (excluding diaryl/α,β-unsaturated/α-hetero) is 1. The van der Waals surface area contributed by atoms with E-state index < -0.39 is 29.0 Å². The number of oxime groups is 1. The Morgan fingerprint density at radius 1 is 1.16 bits per heavy atom. The van der Waals surface area contributed by atoms with E-state index in [4.69, 9.17) is 4.74 Å². The lowest BCUT2D eigenvalue weighted by atomic mass is 9.48. The van der Waals surface area contributed by atoms with Crippen LogP contribution in [0, 0.1) is 34.5 Å². The zero-order chi connectivity index (χ0) is 31.3. The minimum Gasteiger partial charge on any atom is -0.411 e. The molecule has 4 aliphatic carbocycles. The van der Waals surface area contributed by atoms with E-state index in [0.29, 0.717) is 37.0 Å². The van der Waals surface area contributed by atoms with Gasteiger partial charge in [-0.3, -0.25) is 4.79 Å². The molecule has 44 heavy (non-hydrogen) atoms. The average molecular weight is 613 g/mol. The van der Waals surface area contributed by atoms with Gasteiger partial charge in [-0.25, -0.2) is 4.39 Å². The Morgan fingerprint density at radius 2 is 1.89 bits per heavy atom. The molecule has 5 nitrogen and oxygen atoms in total. The van der Waals surface area contributed by atoms with Crippen LogP contribution in [0.5, 0.6) is 0 Å². The predicted molar refractivity (Wildman–Crippen MR) is 160 cm³/mol. The van der Waals surface area contributed by atoms with Crippen LogP contribution in [0.3, 0.4) is 0 Å². The Morgan fingerprint density at radius 3 is 2.55 bits per heavy atom. The number of halogens is 4. The van der Waals surface area contributed by atoms with Crippen molar-refractivity contribution in [3.63, 3.8) is 0 Å². The fourth-order valence-corrected chi connectivity index (χ4v) is 9.29. The van der Waals surface area contributed by atoms with E-state index in [1.807, 2.05) is 6.92 Å². The maximum absolute atomic E-state index is 16.0. The fraction of sp³-hybridized carbons (Fsp3) is 0.600. The number of ether oxygens (including phenoxy) is 1. The molecule has 0 spiro atoms. The zero-order valence-corrected chi connectivity index (χ0v) is 25.4. The van der Waals surface area contributed by atoms with Gasteiger partial charge in [0.05, 0.1) is 11.1 Å². The molecule has 1 N–H and O–H groups in total. The van der Waals surface area contributed by atoms with Gasteiger partial charge in [0, 0.05) is 37.7 Å². The summed E-state index contributed by atoms with van der Waals surface area (Å²) >= 11 is 0. The van der Waals surface area contributed by atoms with E-state index in [1.165, 1.54) is 19.5 Å². The second-order valence-electron chi connectivity index (χ2n) is 13.4. The number of alkyl halides is 4. The van der Waals surface area contributed by atoms with Gasteiger partial charge in [0.1, 0.15) is 12.8 Å². The summed E-state index contributed by atoms with van der Waals surface area (Å²) in [6, 6.07) is 8.44. The number of hydrogen-bond donors (Lipinski definition) is 1. The van der Waals surface area contributed by atoms with E-state index in [2.05, 4.69) is 40.2 Å². The molecule has 6 rings (SSSR count). The molecule has 6 atom stereocenters. The lowest BCUT2D eigenvalue weighted by Gasteiger charge is -2.55. The molecular weight excluding hydrogens is 572 g/mol. The fourth-order valence-electron chi connectivity index (χ4n) is 9.29. The maximum atomic E-state index is 16.0. The number of methoxy groups -OCH3 is 1. The van der Waals surface area contributed by atoms with Crippen LogP contribution in [0.25, 0.3) is 0 Å². The summed E-state index contributed by atoms with van der Waals surface area (Å²) in [5.41, 5.74) is 2.73. The molecule has 1 aromatic rings. The molecule has 0 radical (unpaired) electrons. The van der Waals surface area contributed by atoms with Crippen molar-refractivity contribution in [2.24, 2.45) is 27.8 Å². The summed E-state index contributed by atoms with van der Waals surface area (Å²) in [5.74, 6) is 2.83. The molecule has 1 unspecified atom stereocenters. The number of rotatable bonds is 5. The minimum atomic E-state index is -4.75. The van der Waals surface area contributed by atoms with Gasteiger partial charge in [0.2, 0.25) is 0 Å². The van der Waals surface area contributed by atoms with Crippen molar-refractivity contribution in [3.8, 4) is 11.8 Å². The van der Waals surface area contributed by atoms with Crippen LogP contribution in [0.1, 0.15) is 76.2 Å². The number of anilines is 1. The maximum Gasteiger partial charge on any atom is 0.457 e. The molecule has 1 aromatic carbocycles. The first-order valence-electron chi connectivity index (χ1n) is 15.8. The van der Waals surface area contributed by atoms with Gasteiger partial charge in [-0.15, -0.1) is 0 Å². The predicted octanol–water partition coefficient (Wildman–Crippen LogP) is 7.55. The van der Waals surface area contributed by atoms with Gasteiger partial charge in [0.25, 0.3) is 0 Å². The number of hydrogen-bond acceptors (Lipinski definition) is 5. The first-order valence-corrected chi connectivity index (χ1v) is 15.8. The van der Waals surface area contributed by atoms with Gasteiger partial charge in [-0.1, -0.05) is 35.7 Å². The number of carbonyl (C=O) groups excluding carboxylic acids is 1. The van der Waals surface area contributed by atoms with Crippen LogP contribution in [-0.4, -0.2) is 55.9 Å². The highest BCUT2D eigenvalue weighted by Crippen LogP contribution is 2.70. The third-order valence-corrected chi connectivity index (χ3v) is 11.3. The van der Waals surface area contributed by atoms with E-state index in [1.54, 1.807) is 6.08 Å². The van der Waals surface area contributed by atoms with Crippen LogP contribution < -0.4 is 4.90 Å². The molecule has 9 heteroatoms. The number of piperidine rings is 1. The third kappa shape index (κ3) is 5.17. The van der Waals surface area contributed by atoms with Crippen LogP contribution in [0.15, 0.2) is 52.2 Å². The number of fused-ring (bicyclic) bond motifs is 4. The van der Waals surface area contributed by atoms with Gasteiger partial charge in [-0.05, 0) is 110 Å². The van der Waals surface area contributed by atoms with Crippen molar-refractivity contribution in [2.75, 3.05) is 31.7 Å². The number of carbonyl (C=O) groups is 1. The van der Waals surface area contributed by atoms with Crippen molar-refractivity contribution in [1.29, 1.82) is 0 Å². The smallest absolute Gasteiger partial charge is 0.411 e. The Labute approximate surface area is 256 Å². The highest BCUT2D eigenvalue weighted by Gasteiger charge is 2.66. The summed E-state index contributed by atoms with van der Waals surface area (Å²) in [7, 11) is 1.36. The van der Waals surface area contributed by atoms with E-state index in [9.17, 15) is 23.2 Å². The molecule has 5 aliphatic rings. The Hall–Kier alpha value is -3.12. The second-order valence-corrected chi connectivity index (χ2v) is 13.4. The van der Waals surface area contributed by atoms with Gasteiger partial charge in [0.15, 0.2) is 5.78 Å². The monoisotopic (exact) mass is 612 g/mol. The topological polar surface area (TPSA) is 62.1 Å². The van der Waals surface area contributed by atoms with Crippen molar-refractivity contribution >= 4 is 17.2 Å². The molecule has 3 fully saturated rings. The Kier molecular flexibility index (Phi) is 8.19. The zero-order valence-electron chi connectivity index (χ0n) is 25.4. The summed E-state index contributed by atoms with van der Waals surface area (Å²) in [6.45, 7) is 3.59. The summed E-state index contributed by atoms with van der Waals surface area (Å²) in [4.78, 5) is 16.2. The third-order valence-electron chi connectivity index (χ3n) is 11.3. The highest BCUT2D eigenvalue weighted by molar-refractivity contribution is 5.97. The Balaban J connectivity index is 1.51. The minimum absolute atomic E-state index is 0.174. The molecule has 0 bridgehead atoms. The number of ketones is 1. The van der Waals surface area contributed by atoms with Crippen molar-refractivity contribution in [2.45, 2.75) is 83.0 Å². The SMILES string of the molecule is COCC(=O)[C@@]1(C#CC(F)(F)F)CC[C@H]2[C@@H]3CC(F)C4=C/C(=N/O)CCC4=C3[C@@H](c3ccc(N4CCCCC4)cc3)C[C@@]21C. The first kappa shape index (κ1) is 30.9. The van der Waals surface area contributed by atoms with Gasteiger partial charge >= 0.3 is 6.18 Å². The summed E-state index contributed by atoms with van der Waals surface area (Å²) in [6.07, 6.45) is 1.41. The molecule has 1 aliphatic heterocycles. The van der Waals surface area contributed by atoms with Crippen molar-refractivity contribution < 1.29 is 32.3 Å². The second kappa shape index (κ2) is 11.7. The first-order chi connectivity index (χ1) is 21.0. The summed E-state index contributed by atoms with van der Waals surface area (Å²) in [5, 5.41) is 12.8. The van der Waals surface area contributed by atoms with Crippen LogP contribution in [-0.2, 0) is 9.53 Å². The Bertz CT molecular complexity index is 1450. The molecule has 0 amide bonds. The molecule has 0 aromatic heterocycles. The van der Waals surface area contributed by atoms with Crippen LogP contribution >= 0.6 is 0 Å². The molecule has 2 saturated carbocycles. The normalized spacial score (nSPS) is 34.5.